The molecule has 1 aliphatic carbocycles. The number of hydrogen-bond donors (Lipinski definition) is 2. The number of hydrogen-bond acceptors (Lipinski definition) is 2. The first kappa shape index (κ1) is 19.1. The minimum atomic E-state index is -0.592. The normalized spacial score (nSPS) is 14.1. The molecule has 1 saturated carbocycles. The molecular weight excluding hydrogens is 343 g/mol. The van der Waals surface area contributed by atoms with E-state index in [4.69, 9.17) is 0 Å². The second-order valence-corrected chi connectivity index (χ2v) is 7.13. The van der Waals surface area contributed by atoms with E-state index in [1.807, 2.05) is 13.0 Å². The summed E-state index contributed by atoms with van der Waals surface area (Å²) in [6, 6.07) is 11.1. The number of benzene rings is 2. The first-order valence-electron chi connectivity index (χ1n) is 9.50. The topological polar surface area (TPSA) is 58.2 Å². The van der Waals surface area contributed by atoms with E-state index in [9.17, 15) is 14.0 Å². The lowest BCUT2D eigenvalue weighted by Crippen LogP contribution is -2.27. The first-order valence-corrected chi connectivity index (χ1v) is 9.50. The molecule has 0 bridgehead atoms. The van der Waals surface area contributed by atoms with Crippen molar-refractivity contribution < 1.29 is 14.0 Å². The van der Waals surface area contributed by atoms with Gasteiger partial charge in [0.2, 0.25) is 0 Å². The van der Waals surface area contributed by atoms with Gasteiger partial charge in [0.15, 0.2) is 0 Å². The van der Waals surface area contributed by atoms with Crippen LogP contribution in [-0.2, 0) is 0 Å². The zero-order valence-corrected chi connectivity index (χ0v) is 15.6. The van der Waals surface area contributed by atoms with Gasteiger partial charge in [-0.3, -0.25) is 9.59 Å². The van der Waals surface area contributed by atoms with Crippen molar-refractivity contribution in [1.82, 2.24) is 5.32 Å². The van der Waals surface area contributed by atoms with Gasteiger partial charge in [-0.1, -0.05) is 49.9 Å². The van der Waals surface area contributed by atoms with Gasteiger partial charge < -0.3 is 10.6 Å². The quantitative estimate of drug-likeness (QED) is 0.777. The summed E-state index contributed by atoms with van der Waals surface area (Å²) in [5.74, 6) is -0.683. The van der Waals surface area contributed by atoms with Crippen LogP contribution in [0.3, 0.4) is 0 Å². The molecule has 2 N–H and O–H groups in total. The van der Waals surface area contributed by atoms with Crippen molar-refractivity contribution >= 4 is 17.5 Å². The van der Waals surface area contributed by atoms with Gasteiger partial charge in [-0.2, -0.15) is 0 Å². The predicted molar refractivity (Wildman–Crippen MR) is 104 cm³/mol. The standard InChI is InChI=1S/C22H25FN2O2/c1-15-7-6-11-18(21(26)24-14-13-16-8-2-3-9-16)20(15)25-22(27)17-10-4-5-12-19(17)23/h4-7,10-12,16H,2-3,8-9,13-14H2,1H3,(H,24,26)(H,25,27). The molecule has 0 spiro atoms. The van der Waals surface area contributed by atoms with Gasteiger partial charge in [0.1, 0.15) is 5.82 Å². The number of para-hydroxylation sites is 1. The second-order valence-electron chi connectivity index (χ2n) is 7.13. The molecule has 27 heavy (non-hydrogen) atoms. The number of carbonyl (C=O) groups excluding carboxylic acids is 2. The van der Waals surface area contributed by atoms with Gasteiger partial charge >= 0.3 is 0 Å². The van der Waals surface area contributed by atoms with Crippen molar-refractivity contribution in [2.45, 2.75) is 39.0 Å². The molecule has 1 aliphatic rings. The Morgan fingerprint density at radius 2 is 1.70 bits per heavy atom. The third kappa shape index (κ3) is 4.73. The maximum Gasteiger partial charge on any atom is 0.258 e. The van der Waals surface area contributed by atoms with Crippen molar-refractivity contribution in [2.75, 3.05) is 11.9 Å². The molecule has 0 radical (unpaired) electrons. The van der Waals surface area contributed by atoms with Gasteiger partial charge in [-0.25, -0.2) is 4.39 Å². The predicted octanol–water partition coefficient (Wildman–Crippen LogP) is 4.70. The lowest BCUT2D eigenvalue weighted by atomic mass is 10.0. The number of halogens is 1. The highest BCUT2D eigenvalue weighted by atomic mass is 19.1. The number of aryl methyl sites for hydroxylation is 1. The average Bonchev–Trinajstić information content (AvgIpc) is 3.17. The zero-order chi connectivity index (χ0) is 19.2. The third-order valence-electron chi connectivity index (χ3n) is 5.19. The van der Waals surface area contributed by atoms with Crippen LogP contribution in [0, 0.1) is 18.7 Å². The van der Waals surface area contributed by atoms with Crippen LogP contribution in [0.25, 0.3) is 0 Å². The van der Waals surface area contributed by atoms with E-state index >= 15 is 0 Å². The SMILES string of the molecule is Cc1cccc(C(=O)NCCC2CCCC2)c1NC(=O)c1ccccc1F. The molecule has 0 heterocycles. The fourth-order valence-corrected chi connectivity index (χ4v) is 3.63. The Hall–Kier alpha value is -2.69. The molecule has 142 valence electrons. The van der Waals surface area contributed by atoms with Crippen LogP contribution in [-0.4, -0.2) is 18.4 Å². The molecule has 5 heteroatoms. The molecule has 0 aliphatic heterocycles. The van der Waals surface area contributed by atoms with Crippen LogP contribution in [0.5, 0.6) is 0 Å². The van der Waals surface area contributed by atoms with Gasteiger partial charge in [-0.15, -0.1) is 0 Å². The molecule has 0 atom stereocenters. The van der Waals surface area contributed by atoms with Crippen LogP contribution < -0.4 is 10.6 Å². The first-order chi connectivity index (χ1) is 13.1. The number of carbonyl (C=O) groups is 2. The van der Waals surface area contributed by atoms with E-state index in [0.29, 0.717) is 23.7 Å². The molecule has 0 unspecified atom stereocenters. The number of amides is 2. The Kier molecular flexibility index (Phi) is 6.22. The van der Waals surface area contributed by atoms with Crippen LogP contribution in [0.2, 0.25) is 0 Å². The van der Waals surface area contributed by atoms with E-state index < -0.39 is 11.7 Å². The Bertz CT molecular complexity index is 829. The largest absolute Gasteiger partial charge is 0.352 e. The molecule has 4 nitrogen and oxygen atoms in total. The highest BCUT2D eigenvalue weighted by Gasteiger charge is 2.19. The Balaban J connectivity index is 1.71. The fourth-order valence-electron chi connectivity index (χ4n) is 3.63. The molecule has 2 aromatic rings. The minimum Gasteiger partial charge on any atom is -0.352 e. The summed E-state index contributed by atoms with van der Waals surface area (Å²) in [7, 11) is 0. The maximum absolute atomic E-state index is 13.9. The van der Waals surface area contributed by atoms with Gasteiger partial charge in [-0.05, 0) is 43.0 Å². The Morgan fingerprint density at radius 1 is 1.00 bits per heavy atom. The van der Waals surface area contributed by atoms with Gasteiger partial charge in [0, 0.05) is 6.54 Å². The van der Waals surface area contributed by atoms with Gasteiger partial charge in [0.05, 0.1) is 16.8 Å². The smallest absolute Gasteiger partial charge is 0.258 e. The summed E-state index contributed by atoms with van der Waals surface area (Å²) in [5.41, 5.74) is 1.52. The van der Waals surface area contributed by atoms with Crippen molar-refractivity contribution in [2.24, 2.45) is 5.92 Å². The Labute approximate surface area is 159 Å². The van der Waals surface area contributed by atoms with Crippen molar-refractivity contribution in [3.05, 3.63) is 65.0 Å². The van der Waals surface area contributed by atoms with Gasteiger partial charge in [0.25, 0.3) is 11.8 Å². The third-order valence-corrected chi connectivity index (χ3v) is 5.19. The second kappa shape index (κ2) is 8.80. The summed E-state index contributed by atoms with van der Waals surface area (Å²) in [4.78, 5) is 25.1. The Morgan fingerprint density at radius 3 is 2.44 bits per heavy atom. The van der Waals surface area contributed by atoms with Crippen LogP contribution in [0.1, 0.15) is 58.4 Å². The highest BCUT2D eigenvalue weighted by molar-refractivity contribution is 6.09. The van der Waals surface area contributed by atoms with Crippen molar-refractivity contribution in [3.63, 3.8) is 0 Å². The molecule has 0 aromatic heterocycles. The molecule has 1 fully saturated rings. The van der Waals surface area contributed by atoms with Crippen LogP contribution >= 0.6 is 0 Å². The van der Waals surface area contributed by atoms with Crippen LogP contribution in [0.15, 0.2) is 42.5 Å². The van der Waals surface area contributed by atoms with Crippen LogP contribution in [0.4, 0.5) is 10.1 Å². The number of anilines is 1. The summed E-state index contributed by atoms with van der Waals surface area (Å²) < 4.78 is 13.9. The minimum absolute atomic E-state index is 0.0478. The van der Waals surface area contributed by atoms with Crippen molar-refractivity contribution in [3.8, 4) is 0 Å². The van der Waals surface area contributed by atoms with Crippen molar-refractivity contribution in [1.29, 1.82) is 0 Å². The van der Waals surface area contributed by atoms with E-state index in [1.54, 1.807) is 18.2 Å². The lowest BCUT2D eigenvalue weighted by Gasteiger charge is -2.15. The fraction of sp³-hybridized carbons (Fsp3) is 0.364. The average molecular weight is 368 g/mol. The molecular formula is C22H25FN2O2. The highest BCUT2D eigenvalue weighted by Crippen LogP contribution is 2.27. The van der Waals surface area contributed by atoms with E-state index in [-0.39, 0.29) is 11.5 Å². The van der Waals surface area contributed by atoms with E-state index in [1.165, 1.54) is 43.9 Å². The summed E-state index contributed by atoms with van der Waals surface area (Å²) >= 11 is 0. The number of nitrogens with one attached hydrogen (secondary N) is 2. The lowest BCUT2D eigenvalue weighted by molar-refractivity contribution is 0.0952. The summed E-state index contributed by atoms with van der Waals surface area (Å²) in [5, 5.41) is 5.66. The summed E-state index contributed by atoms with van der Waals surface area (Å²) in [6.07, 6.45) is 6.02. The van der Waals surface area contributed by atoms with E-state index in [2.05, 4.69) is 10.6 Å². The molecule has 2 amide bonds. The number of rotatable bonds is 6. The molecule has 3 rings (SSSR count). The van der Waals surface area contributed by atoms with E-state index in [0.717, 1.165) is 12.0 Å². The molecule has 2 aromatic carbocycles. The molecule has 0 saturated heterocycles. The summed E-state index contributed by atoms with van der Waals surface area (Å²) in [6.45, 7) is 2.43. The maximum atomic E-state index is 13.9. The zero-order valence-electron chi connectivity index (χ0n) is 15.6. The monoisotopic (exact) mass is 368 g/mol.